The molecule has 3 heteroatoms. The molecule has 1 unspecified atom stereocenters. The van der Waals surface area contributed by atoms with Gasteiger partial charge in [0.15, 0.2) is 0 Å². The zero-order valence-electron chi connectivity index (χ0n) is 9.71. The Balaban J connectivity index is 2.17. The van der Waals surface area contributed by atoms with Gasteiger partial charge in [-0.3, -0.25) is 0 Å². The van der Waals surface area contributed by atoms with E-state index in [0.717, 1.165) is 12.2 Å². The predicted molar refractivity (Wildman–Crippen MR) is 68.9 cm³/mol. The van der Waals surface area contributed by atoms with Crippen molar-refractivity contribution in [2.24, 2.45) is 0 Å². The van der Waals surface area contributed by atoms with Gasteiger partial charge in [0.25, 0.3) is 0 Å². The van der Waals surface area contributed by atoms with Crippen molar-refractivity contribution in [1.29, 1.82) is 5.26 Å². The standard InChI is InChI=1S/C13H16N2S/c1-9-6-10(2)13-12(7-9)16-8-11(15-13)4-3-5-14/h6-7,11,15H,3-4,8H2,1-2H3. The predicted octanol–water partition coefficient (Wildman–Crippen LogP) is 3.49. The second kappa shape index (κ2) is 4.80. The number of nitrogens with zero attached hydrogens (tertiary/aromatic N) is 1. The van der Waals surface area contributed by atoms with E-state index in [1.807, 2.05) is 11.8 Å². The molecule has 0 saturated carbocycles. The molecule has 1 heterocycles. The van der Waals surface area contributed by atoms with Crippen molar-refractivity contribution in [3.8, 4) is 6.07 Å². The van der Waals surface area contributed by atoms with Crippen molar-refractivity contribution in [3.63, 3.8) is 0 Å². The topological polar surface area (TPSA) is 35.8 Å². The Bertz CT molecular complexity index is 434. The molecule has 0 aromatic heterocycles. The van der Waals surface area contributed by atoms with Crippen LogP contribution in [0.2, 0.25) is 0 Å². The normalized spacial score (nSPS) is 18.4. The van der Waals surface area contributed by atoms with Crippen molar-refractivity contribution in [3.05, 3.63) is 23.3 Å². The second-order valence-electron chi connectivity index (χ2n) is 4.30. The summed E-state index contributed by atoms with van der Waals surface area (Å²) in [6.07, 6.45) is 1.58. The number of benzene rings is 1. The first-order valence-corrected chi connectivity index (χ1v) is 6.57. The van der Waals surface area contributed by atoms with Crippen LogP contribution in [0.1, 0.15) is 24.0 Å². The fourth-order valence-corrected chi connectivity index (χ4v) is 3.32. The summed E-state index contributed by atoms with van der Waals surface area (Å²) in [5.74, 6) is 1.07. The van der Waals surface area contributed by atoms with E-state index >= 15 is 0 Å². The summed E-state index contributed by atoms with van der Waals surface area (Å²) >= 11 is 1.90. The largest absolute Gasteiger partial charge is 0.380 e. The van der Waals surface area contributed by atoms with Crippen LogP contribution in [0.3, 0.4) is 0 Å². The van der Waals surface area contributed by atoms with Gasteiger partial charge in [0, 0.05) is 23.1 Å². The first-order chi connectivity index (χ1) is 7.70. The average Bonchev–Trinajstić information content (AvgIpc) is 2.26. The number of fused-ring (bicyclic) bond motifs is 1. The molecule has 84 valence electrons. The molecule has 0 aliphatic carbocycles. The van der Waals surface area contributed by atoms with Gasteiger partial charge in [0.2, 0.25) is 0 Å². The van der Waals surface area contributed by atoms with Crippen molar-refractivity contribution in [1.82, 2.24) is 0 Å². The summed E-state index contributed by atoms with van der Waals surface area (Å²) < 4.78 is 0. The second-order valence-corrected chi connectivity index (χ2v) is 5.37. The van der Waals surface area contributed by atoms with E-state index in [1.165, 1.54) is 21.7 Å². The Labute approximate surface area is 101 Å². The minimum Gasteiger partial charge on any atom is -0.380 e. The monoisotopic (exact) mass is 232 g/mol. The van der Waals surface area contributed by atoms with Crippen LogP contribution >= 0.6 is 11.8 Å². The highest BCUT2D eigenvalue weighted by atomic mass is 32.2. The van der Waals surface area contributed by atoms with Crippen LogP contribution in [0.15, 0.2) is 17.0 Å². The van der Waals surface area contributed by atoms with Crippen LogP contribution in [-0.2, 0) is 0 Å². The SMILES string of the molecule is Cc1cc(C)c2c(c1)SCC(CCC#N)N2. The minimum absolute atomic E-state index is 0.443. The Kier molecular flexibility index (Phi) is 3.40. The first-order valence-electron chi connectivity index (χ1n) is 5.58. The number of rotatable bonds is 2. The molecular formula is C13H16N2S. The maximum absolute atomic E-state index is 8.60. The van der Waals surface area contributed by atoms with Gasteiger partial charge in [0.05, 0.1) is 11.8 Å². The van der Waals surface area contributed by atoms with Crippen LogP contribution in [0.4, 0.5) is 5.69 Å². The number of anilines is 1. The van der Waals surface area contributed by atoms with Crippen LogP contribution in [0, 0.1) is 25.2 Å². The maximum atomic E-state index is 8.60. The highest BCUT2D eigenvalue weighted by Crippen LogP contribution is 2.37. The summed E-state index contributed by atoms with van der Waals surface area (Å²) in [6, 6.07) is 7.10. The van der Waals surface area contributed by atoms with E-state index in [9.17, 15) is 0 Å². The van der Waals surface area contributed by atoms with Crippen molar-refractivity contribution < 1.29 is 0 Å². The van der Waals surface area contributed by atoms with Crippen molar-refractivity contribution >= 4 is 17.4 Å². The molecule has 1 atom stereocenters. The Morgan fingerprint density at radius 1 is 1.50 bits per heavy atom. The third-order valence-corrected chi connectivity index (χ3v) is 4.04. The van der Waals surface area contributed by atoms with Crippen molar-refractivity contribution in [2.75, 3.05) is 11.1 Å². The molecule has 0 fully saturated rings. The van der Waals surface area contributed by atoms with Gasteiger partial charge >= 0.3 is 0 Å². The lowest BCUT2D eigenvalue weighted by Crippen LogP contribution is -2.26. The van der Waals surface area contributed by atoms with E-state index in [1.54, 1.807) is 0 Å². The van der Waals surface area contributed by atoms with Crippen molar-refractivity contribution in [2.45, 2.75) is 37.6 Å². The van der Waals surface area contributed by atoms with Crippen LogP contribution in [0.5, 0.6) is 0 Å². The van der Waals surface area contributed by atoms with E-state index in [2.05, 4.69) is 37.4 Å². The molecule has 0 saturated heterocycles. The van der Waals surface area contributed by atoms with Gasteiger partial charge in [-0.05, 0) is 37.5 Å². The summed E-state index contributed by atoms with van der Waals surface area (Å²) in [5.41, 5.74) is 3.90. The molecule has 2 nitrogen and oxygen atoms in total. The lowest BCUT2D eigenvalue weighted by atomic mass is 10.1. The zero-order chi connectivity index (χ0) is 11.5. The summed E-state index contributed by atoms with van der Waals surface area (Å²) in [4.78, 5) is 1.35. The van der Waals surface area contributed by atoms with Gasteiger partial charge in [-0.1, -0.05) is 6.07 Å². The highest BCUT2D eigenvalue weighted by molar-refractivity contribution is 7.99. The third-order valence-electron chi connectivity index (χ3n) is 2.84. The number of nitriles is 1. The van der Waals surface area contributed by atoms with Gasteiger partial charge < -0.3 is 5.32 Å². The number of thioether (sulfide) groups is 1. The molecule has 2 rings (SSSR count). The van der Waals surface area contributed by atoms with Crippen LogP contribution in [0.25, 0.3) is 0 Å². The lowest BCUT2D eigenvalue weighted by molar-refractivity contribution is 0.723. The molecule has 0 spiro atoms. The molecule has 1 aliphatic heterocycles. The maximum Gasteiger partial charge on any atom is 0.0622 e. The number of nitrogens with one attached hydrogen (secondary N) is 1. The summed E-state index contributed by atoms with van der Waals surface area (Å²) in [5, 5.41) is 12.2. The Morgan fingerprint density at radius 3 is 3.06 bits per heavy atom. The molecule has 0 radical (unpaired) electrons. The van der Waals surface area contributed by atoms with Gasteiger partial charge in [-0.15, -0.1) is 11.8 Å². The molecule has 1 aliphatic rings. The summed E-state index contributed by atoms with van der Waals surface area (Å²) in [6.45, 7) is 4.28. The van der Waals surface area contributed by atoms with Gasteiger partial charge in [0.1, 0.15) is 0 Å². The van der Waals surface area contributed by atoms with E-state index in [-0.39, 0.29) is 0 Å². The average molecular weight is 232 g/mol. The van der Waals surface area contributed by atoms with E-state index < -0.39 is 0 Å². The molecule has 1 aromatic carbocycles. The third kappa shape index (κ3) is 2.33. The Morgan fingerprint density at radius 2 is 2.31 bits per heavy atom. The smallest absolute Gasteiger partial charge is 0.0622 e. The number of hydrogen-bond donors (Lipinski definition) is 1. The number of hydrogen-bond acceptors (Lipinski definition) is 3. The zero-order valence-corrected chi connectivity index (χ0v) is 10.5. The van der Waals surface area contributed by atoms with Gasteiger partial charge in [-0.25, -0.2) is 0 Å². The fourth-order valence-electron chi connectivity index (χ4n) is 2.06. The molecule has 1 N–H and O–H groups in total. The molecule has 0 bridgehead atoms. The molecule has 16 heavy (non-hydrogen) atoms. The quantitative estimate of drug-likeness (QED) is 0.847. The fraction of sp³-hybridized carbons (Fsp3) is 0.462. The molecule has 0 amide bonds. The number of aryl methyl sites for hydroxylation is 2. The highest BCUT2D eigenvalue weighted by Gasteiger charge is 2.19. The Hall–Kier alpha value is -1.14. The van der Waals surface area contributed by atoms with Crippen LogP contribution < -0.4 is 5.32 Å². The van der Waals surface area contributed by atoms with E-state index in [4.69, 9.17) is 5.26 Å². The molecule has 1 aromatic rings. The van der Waals surface area contributed by atoms with Gasteiger partial charge in [-0.2, -0.15) is 5.26 Å². The van der Waals surface area contributed by atoms with E-state index in [0.29, 0.717) is 12.5 Å². The minimum atomic E-state index is 0.443. The summed E-state index contributed by atoms with van der Waals surface area (Å²) in [7, 11) is 0. The molecular weight excluding hydrogens is 216 g/mol. The first kappa shape index (κ1) is 11.3. The lowest BCUT2D eigenvalue weighted by Gasteiger charge is -2.27. The van der Waals surface area contributed by atoms with Crippen LogP contribution in [-0.4, -0.2) is 11.8 Å².